The van der Waals surface area contributed by atoms with Crippen molar-refractivity contribution in [2.24, 2.45) is 0 Å². The number of nitrogens with zero attached hydrogens (tertiary/aromatic N) is 2. The highest BCUT2D eigenvalue weighted by molar-refractivity contribution is 5.55. The van der Waals surface area contributed by atoms with E-state index >= 15 is 0 Å². The van der Waals surface area contributed by atoms with Crippen molar-refractivity contribution in [2.45, 2.75) is 6.04 Å². The molecule has 0 unspecified atom stereocenters. The summed E-state index contributed by atoms with van der Waals surface area (Å²) in [4.78, 5) is 3.10. The molecule has 82 valence electrons. The van der Waals surface area contributed by atoms with Crippen molar-refractivity contribution < 1.29 is 0 Å². The zero-order chi connectivity index (χ0) is 10.8. The van der Waals surface area contributed by atoms with Gasteiger partial charge < -0.3 is 15.6 Å². The van der Waals surface area contributed by atoms with Crippen molar-refractivity contribution in [3.63, 3.8) is 0 Å². The highest BCUT2D eigenvalue weighted by atomic mass is 15.2. The van der Waals surface area contributed by atoms with Crippen LogP contribution in [0.5, 0.6) is 0 Å². The Labute approximate surface area is 93.3 Å². The van der Waals surface area contributed by atoms with E-state index in [2.05, 4.69) is 25.8 Å². The molecule has 1 fully saturated rings. The third-order valence-electron chi connectivity index (χ3n) is 2.67. The van der Waals surface area contributed by atoms with Crippen molar-refractivity contribution in [3.8, 4) is 11.4 Å². The molecule has 1 saturated heterocycles. The van der Waals surface area contributed by atoms with Crippen LogP contribution in [0.1, 0.15) is 0 Å². The summed E-state index contributed by atoms with van der Waals surface area (Å²) in [7, 11) is 0. The monoisotopic (exact) mass is 215 g/mol. The number of aromatic amines is 1. The van der Waals surface area contributed by atoms with Gasteiger partial charge in [-0.05, 0) is 24.3 Å². The molecule has 0 atom stereocenters. The van der Waals surface area contributed by atoms with E-state index in [-0.39, 0.29) is 0 Å². The summed E-state index contributed by atoms with van der Waals surface area (Å²) in [6, 6.07) is 8.34. The predicted molar refractivity (Wildman–Crippen MR) is 62.1 cm³/mol. The van der Waals surface area contributed by atoms with E-state index in [4.69, 9.17) is 0 Å². The summed E-state index contributed by atoms with van der Waals surface area (Å²) >= 11 is 0. The molecule has 1 aliphatic rings. The first-order valence-electron chi connectivity index (χ1n) is 5.36. The van der Waals surface area contributed by atoms with Crippen LogP contribution in [0.25, 0.3) is 11.4 Å². The van der Waals surface area contributed by atoms with Crippen molar-refractivity contribution in [3.05, 3.63) is 30.5 Å². The average molecular weight is 215 g/mol. The lowest BCUT2D eigenvalue weighted by atomic mass is 10.2. The fourth-order valence-electron chi connectivity index (χ4n) is 1.64. The smallest absolute Gasteiger partial charge is 0.148 e. The van der Waals surface area contributed by atoms with Gasteiger partial charge in [0.2, 0.25) is 0 Å². The molecule has 3 heterocycles. The minimum absolute atomic E-state index is 0.491. The van der Waals surface area contributed by atoms with Crippen LogP contribution in [-0.2, 0) is 0 Å². The van der Waals surface area contributed by atoms with Crippen LogP contribution < -0.4 is 10.6 Å². The van der Waals surface area contributed by atoms with Crippen molar-refractivity contribution in [1.82, 2.24) is 20.5 Å². The Morgan fingerprint density at radius 1 is 1.19 bits per heavy atom. The predicted octanol–water partition coefficient (Wildman–Crippen LogP) is 0.855. The topological polar surface area (TPSA) is 65.6 Å². The van der Waals surface area contributed by atoms with Gasteiger partial charge in [0, 0.05) is 19.3 Å². The maximum atomic E-state index is 4.17. The van der Waals surface area contributed by atoms with E-state index in [0.717, 1.165) is 30.3 Å². The summed E-state index contributed by atoms with van der Waals surface area (Å²) in [5.74, 6) is 0.835. The zero-order valence-electron chi connectivity index (χ0n) is 8.77. The van der Waals surface area contributed by atoms with Crippen molar-refractivity contribution >= 4 is 5.82 Å². The lowest BCUT2D eigenvalue weighted by Crippen LogP contribution is -2.51. The Hall–Kier alpha value is -1.88. The van der Waals surface area contributed by atoms with Crippen LogP contribution >= 0.6 is 0 Å². The zero-order valence-corrected chi connectivity index (χ0v) is 8.77. The fraction of sp³-hybridized carbons (Fsp3) is 0.273. The fourth-order valence-corrected chi connectivity index (χ4v) is 1.64. The summed E-state index contributed by atoms with van der Waals surface area (Å²) in [5, 5.41) is 14.8. The van der Waals surface area contributed by atoms with Gasteiger partial charge in [-0.2, -0.15) is 0 Å². The van der Waals surface area contributed by atoms with Gasteiger partial charge in [-0.1, -0.05) is 0 Å². The summed E-state index contributed by atoms with van der Waals surface area (Å²) in [6.45, 7) is 2.00. The van der Waals surface area contributed by atoms with Gasteiger partial charge in [-0.3, -0.25) is 0 Å². The van der Waals surface area contributed by atoms with E-state index in [9.17, 15) is 0 Å². The first-order chi connectivity index (χ1) is 7.92. The number of H-pyrrole nitrogens is 1. The minimum atomic E-state index is 0.491. The normalized spacial score (nSPS) is 15.8. The Balaban J connectivity index is 1.74. The summed E-state index contributed by atoms with van der Waals surface area (Å²) < 4.78 is 0. The van der Waals surface area contributed by atoms with E-state index in [1.807, 2.05) is 30.5 Å². The number of nitrogens with one attached hydrogen (secondary N) is 3. The van der Waals surface area contributed by atoms with E-state index in [0.29, 0.717) is 6.04 Å². The molecule has 3 rings (SSSR count). The van der Waals surface area contributed by atoms with Crippen LogP contribution in [-0.4, -0.2) is 34.3 Å². The SMILES string of the molecule is c1c[nH]c(-c2ccc(NC3CNC3)nn2)c1. The van der Waals surface area contributed by atoms with Gasteiger partial charge in [-0.15, -0.1) is 10.2 Å². The molecule has 5 nitrogen and oxygen atoms in total. The molecule has 5 heteroatoms. The van der Waals surface area contributed by atoms with E-state index in [1.54, 1.807) is 0 Å². The number of hydrogen-bond donors (Lipinski definition) is 3. The first-order valence-corrected chi connectivity index (χ1v) is 5.36. The Morgan fingerprint density at radius 2 is 2.12 bits per heavy atom. The average Bonchev–Trinajstić information content (AvgIpc) is 2.78. The van der Waals surface area contributed by atoms with Gasteiger partial charge >= 0.3 is 0 Å². The van der Waals surface area contributed by atoms with Crippen LogP contribution in [0.2, 0.25) is 0 Å². The molecule has 0 radical (unpaired) electrons. The van der Waals surface area contributed by atoms with Gasteiger partial charge in [-0.25, -0.2) is 0 Å². The second kappa shape index (κ2) is 3.94. The molecule has 0 amide bonds. The van der Waals surface area contributed by atoms with Gasteiger partial charge in [0.1, 0.15) is 11.5 Å². The van der Waals surface area contributed by atoms with Gasteiger partial charge in [0.25, 0.3) is 0 Å². The standard InChI is InChI=1S/C11H13N5/c1-2-9(13-5-1)10-3-4-11(16-15-10)14-8-6-12-7-8/h1-5,8,12-13H,6-7H2,(H,14,16). The molecule has 0 saturated carbocycles. The molecule has 1 aliphatic heterocycles. The number of anilines is 1. The Morgan fingerprint density at radius 3 is 2.69 bits per heavy atom. The summed E-state index contributed by atoms with van der Waals surface area (Å²) in [5.41, 5.74) is 1.85. The lowest BCUT2D eigenvalue weighted by molar-refractivity contribution is 0.470. The third kappa shape index (κ3) is 1.77. The van der Waals surface area contributed by atoms with Crippen LogP contribution in [0.15, 0.2) is 30.5 Å². The quantitative estimate of drug-likeness (QED) is 0.710. The maximum absolute atomic E-state index is 4.17. The molecule has 2 aromatic rings. The first kappa shape index (κ1) is 9.35. The van der Waals surface area contributed by atoms with Gasteiger partial charge in [0.15, 0.2) is 0 Å². The molecule has 0 bridgehead atoms. The van der Waals surface area contributed by atoms with Gasteiger partial charge in [0.05, 0.1) is 11.7 Å². The second-order valence-electron chi connectivity index (χ2n) is 3.89. The molecule has 0 spiro atoms. The molecular formula is C11H13N5. The molecule has 3 N–H and O–H groups in total. The highest BCUT2D eigenvalue weighted by Gasteiger charge is 2.16. The molecule has 0 aromatic carbocycles. The van der Waals surface area contributed by atoms with E-state index in [1.165, 1.54) is 0 Å². The molecule has 0 aliphatic carbocycles. The lowest BCUT2D eigenvalue weighted by Gasteiger charge is -2.28. The third-order valence-corrected chi connectivity index (χ3v) is 2.67. The molecule has 16 heavy (non-hydrogen) atoms. The number of hydrogen-bond acceptors (Lipinski definition) is 4. The van der Waals surface area contributed by atoms with Crippen molar-refractivity contribution in [2.75, 3.05) is 18.4 Å². The largest absolute Gasteiger partial charge is 0.363 e. The molecular weight excluding hydrogens is 202 g/mol. The number of aromatic nitrogens is 3. The van der Waals surface area contributed by atoms with Crippen LogP contribution in [0.3, 0.4) is 0 Å². The Bertz CT molecular complexity index is 444. The second-order valence-corrected chi connectivity index (χ2v) is 3.89. The van der Waals surface area contributed by atoms with Crippen LogP contribution in [0, 0.1) is 0 Å². The van der Waals surface area contributed by atoms with Crippen molar-refractivity contribution in [1.29, 1.82) is 0 Å². The summed E-state index contributed by atoms with van der Waals surface area (Å²) in [6.07, 6.45) is 1.88. The maximum Gasteiger partial charge on any atom is 0.148 e. The number of rotatable bonds is 3. The van der Waals surface area contributed by atoms with Crippen LogP contribution in [0.4, 0.5) is 5.82 Å². The Kier molecular flexibility index (Phi) is 2.30. The highest BCUT2D eigenvalue weighted by Crippen LogP contribution is 2.14. The molecule has 2 aromatic heterocycles. The minimum Gasteiger partial charge on any atom is -0.363 e. The van der Waals surface area contributed by atoms with E-state index < -0.39 is 0 Å².